The zero-order valence-corrected chi connectivity index (χ0v) is 15.7. The largest absolute Gasteiger partial charge is 0.480 e. The van der Waals surface area contributed by atoms with Gasteiger partial charge in [0.05, 0.1) is 18.8 Å². The van der Waals surface area contributed by atoms with Gasteiger partial charge in [-0.1, -0.05) is 0 Å². The minimum atomic E-state index is -4.41. The standard InChI is InChI=1S/C19H20F4N4O2.H2/c1-29-16-13(10-12(20)11-24-16)17(28)26-7-4-18(5-8-26)14-2-3-15(19(21,22)23)27(14)9-6-25-18;/h2-3,10-11,25H,4-9H2,1H3;1H. The number of carbonyl (C=O) groups is 1. The molecule has 4 heterocycles. The predicted molar refractivity (Wildman–Crippen MR) is 97.1 cm³/mol. The molecule has 4 rings (SSSR count). The van der Waals surface area contributed by atoms with Crippen LogP contribution in [0.5, 0.6) is 5.88 Å². The summed E-state index contributed by atoms with van der Waals surface area (Å²) in [7, 11) is 1.35. The van der Waals surface area contributed by atoms with Crippen LogP contribution in [0.2, 0.25) is 0 Å². The molecule has 1 amide bonds. The van der Waals surface area contributed by atoms with Crippen LogP contribution in [0.25, 0.3) is 0 Å². The van der Waals surface area contributed by atoms with E-state index in [-0.39, 0.29) is 19.4 Å². The lowest BCUT2D eigenvalue weighted by molar-refractivity contribution is -0.144. The molecule has 0 aromatic carbocycles. The highest BCUT2D eigenvalue weighted by atomic mass is 19.4. The maximum atomic E-state index is 13.6. The third-order valence-corrected chi connectivity index (χ3v) is 5.71. The molecular formula is C19H22F4N4O2. The van der Waals surface area contributed by atoms with Gasteiger partial charge in [-0.15, -0.1) is 0 Å². The first-order chi connectivity index (χ1) is 13.7. The van der Waals surface area contributed by atoms with Gasteiger partial charge < -0.3 is 19.5 Å². The summed E-state index contributed by atoms with van der Waals surface area (Å²) < 4.78 is 59.8. The summed E-state index contributed by atoms with van der Waals surface area (Å²) in [6.07, 6.45) is -2.54. The molecule has 10 heteroatoms. The van der Waals surface area contributed by atoms with Crippen LogP contribution in [0.3, 0.4) is 0 Å². The van der Waals surface area contributed by atoms with Gasteiger partial charge in [0.15, 0.2) is 0 Å². The Morgan fingerprint density at radius 1 is 1.28 bits per heavy atom. The van der Waals surface area contributed by atoms with Crippen LogP contribution in [0, 0.1) is 5.82 Å². The number of pyridine rings is 1. The van der Waals surface area contributed by atoms with Crippen molar-refractivity contribution in [1.29, 1.82) is 0 Å². The van der Waals surface area contributed by atoms with Crippen LogP contribution in [-0.2, 0) is 18.3 Å². The molecule has 0 bridgehead atoms. The van der Waals surface area contributed by atoms with E-state index in [2.05, 4.69) is 10.3 Å². The van der Waals surface area contributed by atoms with E-state index in [1.165, 1.54) is 17.7 Å². The first-order valence-electron chi connectivity index (χ1n) is 9.26. The van der Waals surface area contributed by atoms with Gasteiger partial charge in [-0.05, 0) is 31.0 Å². The number of rotatable bonds is 2. The first kappa shape index (κ1) is 19.7. The Kier molecular flexibility index (Phi) is 4.76. The third kappa shape index (κ3) is 3.35. The normalized spacial score (nSPS) is 18.6. The molecule has 1 saturated heterocycles. The van der Waals surface area contributed by atoms with Crippen molar-refractivity contribution < 1.29 is 28.5 Å². The highest BCUT2D eigenvalue weighted by Crippen LogP contribution is 2.40. The zero-order valence-electron chi connectivity index (χ0n) is 15.7. The summed E-state index contributed by atoms with van der Waals surface area (Å²) in [6, 6.07) is 3.72. The van der Waals surface area contributed by atoms with Crippen molar-refractivity contribution in [3.63, 3.8) is 0 Å². The minimum absolute atomic E-state index is 0. The Balaban J connectivity index is 0.00000256. The lowest BCUT2D eigenvalue weighted by Gasteiger charge is -2.45. The minimum Gasteiger partial charge on any atom is -0.480 e. The van der Waals surface area contributed by atoms with Gasteiger partial charge in [0.1, 0.15) is 17.1 Å². The Labute approximate surface area is 165 Å². The van der Waals surface area contributed by atoms with Gasteiger partial charge in [0.2, 0.25) is 5.88 Å². The van der Waals surface area contributed by atoms with Gasteiger partial charge in [-0.2, -0.15) is 13.2 Å². The van der Waals surface area contributed by atoms with Gasteiger partial charge in [-0.3, -0.25) is 4.79 Å². The second kappa shape index (κ2) is 7.01. The summed E-state index contributed by atoms with van der Waals surface area (Å²) in [5, 5.41) is 3.36. The molecule has 2 aromatic heterocycles. The van der Waals surface area contributed by atoms with E-state index < -0.39 is 29.1 Å². The third-order valence-electron chi connectivity index (χ3n) is 5.71. The number of fused-ring (bicyclic) bond motifs is 2. The molecule has 0 unspecified atom stereocenters. The fraction of sp³-hybridized carbons (Fsp3) is 0.474. The average molecular weight is 414 g/mol. The Hall–Kier alpha value is -2.62. The fourth-order valence-electron chi connectivity index (χ4n) is 4.31. The molecule has 6 nitrogen and oxygen atoms in total. The number of carbonyl (C=O) groups excluding carboxylic acids is 1. The fourth-order valence-corrected chi connectivity index (χ4v) is 4.31. The van der Waals surface area contributed by atoms with Crippen LogP contribution in [0.15, 0.2) is 24.4 Å². The number of ether oxygens (including phenoxy) is 1. The second-order valence-electron chi connectivity index (χ2n) is 7.26. The number of alkyl halides is 3. The number of nitrogens with one attached hydrogen (secondary N) is 1. The van der Waals surface area contributed by atoms with Crippen LogP contribution in [0.1, 0.15) is 36.0 Å². The molecule has 0 aliphatic carbocycles. The molecule has 1 N–H and O–H groups in total. The molecule has 158 valence electrons. The molecule has 29 heavy (non-hydrogen) atoms. The van der Waals surface area contributed by atoms with Gasteiger partial charge in [-0.25, -0.2) is 9.37 Å². The summed E-state index contributed by atoms with van der Waals surface area (Å²) in [5.41, 5.74) is -0.651. The van der Waals surface area contributed by atoms with Crippen molar-refractivity contribution in [2.75, 3.05) is 26.7 Å². The SMILES string of the molecule is COc1ncc(F)cc1C(=O)N1CCC2(CC1)NCCn1c(C(F)(F)F)ccc12.[HH]. The van der Waals surface area contributed by atoms with E-state index in [4.69, 9.17) is 4.74 Å². The van der Waals surface area contributed by atoms with Gasteiger partial charge >= 0.3 is 6.18 Å². The first-order valence-corrected chi connectivity index (χ1v) is 9.26. The van der Waals surface area contributed by atoms with Crippen molar-refractivity contribution in [3.05, 3.63) is 47.2 Å². The Bertz CT molecular complexity index is 939. The summed E-state index contributed by atoms with van der Waals surface area (Å²) in [5.74, 6) is -1.02. The number of hydrogen-bond donors (Lipinski definition) is 1. The monoisotopic (exact) mass is 414 g/mol. The maximum Gasteiger partial charge on any atom is 0.431 e. The number of methoxy groups -OCH3 is 1. The quantitative estimate of drug-likeness (QED) is 0.768. The van der Waals surface area contributed by atoms with E-state index in [0.717, 1.165) is 18.3 Å². The molecule has 2 aromatic rings. The maximum absolute atomic E-state index is 13.6. The van der Waals surface area contributed by atoms with Crippen molar-refractivity contribution in [3.8, 4) is 5.88 Å². The van der Waals surface area contributed by atoms with Crippen molar-refractivity contribution in [2.24, 2.45) is 0 Å². The second-order valence-corrected chi connectivity index (χ2v) is 7.26. The average Bonchev–Trinajstić information content (AvgIpc) is 3.14. The predicted octanol–water partition coefficient (Wildman–Crippen LogP) is 3.03. The molecule has 1 fully saturated rings. The highest BCUT2D eigenvalue weighted by molar-refractivity contribution is 5.96. The van der Waals surface area contributed by atoms with E-state index in [1.807, 2.05) is 0 Å². The molecule has 2 aliphatic rings. The highest BCUT2D eigenvalue weighted by Gasteiger charge is 2.44. The number of halogens is 4. The molecule has 0 atom stereocenters. The van der Waals surface area contributed by atoms with E-state index >= 15 is 0 Å². The number of nitrogens with zero attached hydrogens (tertiary/aromatic N) is 3. The molecule has 2 aliphatic heterocycles. The van der Waals surface area contributed by atoms with Crippen LogP contribution in [0.4, 0.5) is 17.6 Å². The number of piperidine rings is 1. The van der Waals surface area contributed by atoms with Crippen molar-refractivity contribution in [2.45, 2.75) is 31.1 Å². The smallest absolute Gasteiger partial charge is 0.431 e. The number of hydrogen-bond acceptors (Lipinski definition) is 4. The topological polar surface area (TPSA) is 59.4 Å². The van der Waals surface area contributed by atoms with E-state index in [9.17, 15) is 22.4 Å². The number of aromatic nitrogens is 2. The van der Waals surface area contributed by atoms with E-state index in [1.54, 1.807) is 4.90 Å². The van der Waals surface area contributed by atoms with Crippen molar-refractivity contribution >= 4 is 5.91 Å². The molecule has 1 spiro atoms. The van der Waals surface area contributed by atoms with Crippen LogP contribution < -0.4 is 10.1 Å². The summed E-state index contributed by atoms with van der Waals surface area (Å²) >= 11 is 0. The Morgan fingerprint density at radius 3 is 2.66 bits per heavy atom. The van der Waals surface area contributed by atoms with E-state index in [0.29, 0.717) is 38.2 Å². The zero-order chi connectivity index (χ0) is 20.8. The van der Waals surface area contributed by atoms with Gasteiger partial charge in [0, 0.05) is 33.3 Å². The van der Waals surface area contributed by atoms with Crippen molar-refractivity contribution in [1.82, 2.24) is 19.8 Å². The summed E-state index contributed by atoms with van der Waals surface area (Å²) in [6.45, 7) is 1.30. The lowest BCUT2D eigenvalue weighted by Crippen LogP contribution is -2.56. The van der Waals surface area contributed by atoms with Gasteiger partial charge in [0.25, 0.3) is 5.91 Å². The van der Waals surface area contributed by atoms with Crippen LogP contribution in [-0.4, -0.2) is 47.1 Å². The number of amides is 1. The summed E-state index contributed by atoms with van der Waals surface area (Å²) in [4.78, 5) is 18.2. The molecule has 0 saturated carbocycles. The number of likely N-dealkylation sites (tertiary alicyclic amines) is 1. The Morgan fingerprint density at radius 2 is 2.00 bits per heavy atom. The molecular weight excluding hydrogens is 392 g/mol. The van der Waals surface area contributed by atoms with Crippen LogP contribution >= 0.6 is 0 Å². The lowest BCUT2D eigenvalue weighted by atomic mass is 9.83. The molecule has 0 radical (unpaired) electrons.